The van der Waals surface area contributed by atoms with Gasteiger partial charge in [-0.15, -0.1) is 0 Å². The van der Waals surface area contributed by atoms with E-state index >= 15 is 0 Å². The second kappa shape index (κ2) is 8.27. The van der Waals surface area contributed by atoms with E-state index < -0.39 is 20.8 Å². The van der Waals surface area contributed by atoms with Crippen molar-refractivity contribution >= 4 is 17.0 Å². The number of hydrogen-bond acceptors (Lipinski definition) is 0. The Balaban J connectivity index is 0.000000424. The van der Waals surface area contributed by atoms with Crippen molar-refractivity contribution in [3.63, 3.8) is 0 Å². The summed E-state index contributed by atoms with van der Waals surface area (Å²) in [6.45, 7) is 6.58. The molecule has 3 heteroatoms. The molecule has 0 unspecified atom stereocenters. The monoisotopic (exact) mass is 295 g/mol. The summed E-state index contributed by atoms with van der Waals surface area (Å²) in [4.78, 5) is 0. The molecule has 0 spiro atoms. The van der Waals surface area contributed by atoms with Crippen LogP contribution in [-0.2, 0) is 20.8 Å². The van der Waals surface area contributed by atoms with Gasteiger partial charge >= 0.3 is 37.9 Å². The van der Waals surface area contributed by atoms with Crippen LogP contribution in [0.3, 0.4) is 0 Å². The fourth-order valence-electron chi connectivity index (χ4n) is 1.40. The Morgan fingerprint density at radius 1 is 1.31 bits per heavy atom. The van der Waals surface area contributed by atoms with Gasteiger partial charge in [-0.3, -0.25) is 0 Å². The maximum atomic E-state index is 4.93. The van der Waals surface area contributed by atoms with Gasteiger partial charge in [0.25, 0.3) is 0 Å². The van der Waals surface area contributed by atoms with Gasteiger partial charge in [-0.25, -0.2) is 0 Å². The van der Waals surface area contributed by atoms with Gasteiger partial charge in [-0.05, 0) is 25.8 Å². The summed E-state index contributed by atoms with van der Waals surface area (Å²) in [6, 6.07) is 0. The molecule has 0 amide bonds. The van der Waals surface area contributed by atoms with Crippen LogP contribution in [0.1, 0.15) is 33.6 Å². The van der Waals surface area contributed by atoms with Crippen molar-refractivity contribution in [1.29, 1.82) is 0 Å². The van der Waals surface area contributed by atoms with Crippen molar-refractivity contribution in [2.24, 2.45) is 0 Å². The molecule has 0 heterocycles. The molecule has 0 aromatic carbocycles. The summed E-state index contributed by atoms with van der Waals surface area (Å²) in [5.74, 6) is 0. The molecule has 0 nitrogen and oxygen atoms in total. The first-order valence-electron chi connectivity index (χ1n) is 4.34. The normalized spacial score (nSPS) is 15.0. The Kier molecular flexibility index (Phi) is 8.87. The van der Waals surface area contributed by atoms with E-state index in [1.807, 2.05) is 0 Å². The van der Waals surface area contributed by atoms with Crippen molar-refractivity contribution < 1.29 is 20.8 Å². The van der Waals surface area contributed by atoms with Crippen molar-refractivity contribution in [3.8, 4) is 0 Å². The van der Waals surface area contributed by atoms with Crippen LogP contribution in [0.4, 0.5) is 0 Å². The summed E-state index contributed by atoms with van der Waals surface area (Å²) < 4.78 is 0. The molecule has 0 bridgehead atoms. The molecule has 0 aromatic heterocycles. The molecule has 0 saturated carbocycles. The number of rotatable bonds is 2. The molecule has 13 heavy (non-hydrogen) atoms. The van der Waals surface area contributed by atoms with E-state index in [0.717, 1.165) is 0 Å². The Morgan fingerprint density at radius 3 is 2.15 bits per heavy atom. The van der Waals surface area contributed by atoms with Gasteiger partial charge in [-0.1, -0.05) is 30.6 Å². The number of hydrogen-bond donors (Lipinski definition) is 0. The maximum absolute atomic E-state index is 4.93. The predicted octanol–water partition coefficient (Wildman–Crippen LogP) is 4.64. The molecule has 1 radical (unpaired) electrons. The van der Waals surface area contributed by atoms with Gasteiger partial charge < -0.3 is 0 Å². The van der Waals surface area contributed by atoms with E-state index in [2.05, 4.69) is 33.3 Å². The van der Waals surface area contributed by atoms with Crippen molar-refractivity contribution in [2.45, 2.75) is 33.6 Å². The fraction of sp³-hybridized carbons (Fsp3) is 0.500. The fourth-order valence-corrected chi connectivity index (χ4v) is 1.40. The van der Waals surface area contributed by atoms with Crippen molar-refractivity contribution in [1.82, 2.24) is 0 Å². The third kappa shape index (κ3) is 6.10. The van der Waals surface area contributed by atoms with Crippen LogP contribution in [0.25, 0.3) is 0 Å². The van der Waals surface area contributed by atoms with Crippen LogP contribution in [0.2, 0.25) is 0 Å². The van der Waals surface area contributed by atoms with Crippen LogP contribution in [-0.4, -0.2) is 0 Å². The summed E-state index contributed by atoms with van der Waals surface area (Å²) in [5.41, 5.74) is 4.39. The van der Waals surface area contributed by atoms with E-state index in [0.29, 0.717) is 0 Å². The van der Waals surface area contributed by atoms with Crippen LogP contribution >= 0.6 is 17.0 Å². The van der Waals surface area contributed by atoms with E-state index in [1.54, 1.807) is 0 Å². The van der Waals surface area contributed by atoms with Gasteiger partial charge in [-0.2, -0.15) is 0 Å². The average Bonchev–Trinajstić information content (AvgIpc) is 2.33. The third-order valence-electron chi connectivity index (χ3n) is 1.87. The number of halogens is 2. The van der Waals surface area contributed by atoms with E-state index in [-0.39, 0.29) is 0 Å². The third-order valence-corrected chi connectivity index (χ3v) is 1.87. The van der Waals surface area contributed by atoms with Crippen LogP contribution < -0.4 is 0 Å². The minimum atomic E-state index is -0.826. The topological polar surface area (TPSA) is 0 Å². The van der Waals surface area contributed by atoms with Gasteiger partial charge in [0.15, 0.2) is 0 Å². The molecule has 0 aliphatic heterocycles. The molecule has 1 aliphatic carbocycles. The first-order valence-corrected chi connectivity index (χ1v) is 10.7. The SMILES string of the molecule is CCCC1=C(C)[CH]C(C)=C1.[Cl][Zr][Cl]. The van der Waals surface area contributed by atoms with Crippen molar-refractivity contribution in [2.75, 3.05) is 0 Å². The molecule has 1 aliphatic rings. The van der Waals surface area contributed by atoms with E-state index in [4.69, 9.17) is 17.0 Å². The predicted molar refractivity (Wildman–Crippen MR) is 57.4 cm³/mol. The average molecular weight is 297 g/mol. The molecule has 0 fully saturated rings. The molecule has 1 rings (SSSR count). The minimum absolute atomic E-state index is 0.826. The Hall–Kier alpha value is 0.943. The quantitative estimate of drug-likeness (QED) is 0.696. The van der Waals surface area contributed by atoms with E-state index in [1.165, 1.54) is 29.6 Å². The molecule has 0 saturated heterocycles. The van der Waals surface area contributed by atoms with Gasteiger partial charge in [0, 0.05) is 6.42 Å². The molecule has 0 aromatic rings. The standard InChI is InChI=1S/C10H15.2ClH.Zr/c1-4-5-10-7-8(2)6-9(10)3;;;/h6-7H,4-5H2,1-3H3;2*1H;/q;;;+2/p-2. The number of allylic oxidation sites excluding steroid dienone is 4. The summed E-state index contributed by atoms with van der Waals surface area (Å²) >= 11 is -0.826. The zero-order chi connectivity index (χ0) is 10.3. The zero-order valence-electron chi connectivity index (χ0n) is 8.32. The molecule has 73 valence electrons. The summed E-state index contributed by atoms with van der Waals surface area (Å²) in [6.07, 6.45) is 7.04. The van der Waals surface area contributed by atoms with Gasteiger partial charge in [0.2, 0.25) is 0 Å². The van der Waals surface area contributed by atoms with Crippen molar-refractivity contribution in [3.05, 3.63) is 29.2 Å². The second-order valence-corrected chi connectivity index (χ2v) is 6.79. The first-order chi connectivity index (χ1) is 6.15. The zero-order valence-corrected chi connectivity index (χ0v) is 12.3. The Bertz CT molecular complexity index is 207. The Morgan fingerprint density at radius 2 is 1.85 bits per heavy atom. The molecule has 0 atom stereocenters. The Labute approximate surface area is 100 Å². The van der Waals surface area contributed by atoms with Crippen LogP contribution in [0, 0.1) is 6.42 Å². The molecule has 0 N–H and O–H groups in total. The second-order valence-electron chi connectivity index (χ2n) is 3.06. The van der Waals surface area contributed by atoms with E-state index in [9.17, 15) is 0 Å². The summed E-state index contributed by atoms with van der Waals surface area (Å²) in [5, 5.41) is 0. The summed E-state index contributed by atoms with van der Waals surface area (Å²) in [7, 11) is 9.87. The van der Waals surface area contributed by atoms with Crippen LogP contribution in [0.15, 0.2) is 22.8 Å². The molecular formula is C10H15Cl2Zr. The first kappa shape index (κ1) is 13.9. The van der Waals surface area contributed by atoms with Crippen LogP contribution in [0.5, 0.6) is 0 Å². The molecular weight excluding hydrogens is 282 g/mol. The van der Waals surface area contributed by atoms with Gasteiger partial charge in [0.1, 0.15) is 0 Å². The van der Waals surface area contributed by atoms with Gasteiger partial charge in [0.05, 0.1) is 0 Å².